The first-order valence-electron chi connectivity index (χ1n) is 9.07. The molecule has 0 bridgehead atoms. The van der Waals surface area contributed by atoms with Gasteiger partial charge in [0.15, 0.2) is 12.4 Å². The van der Waals surface area contributed by atoms with Crippen LogP contribution in [0.15, 0.2) is 73.1 Å². The summed E-state index contributed by atoms with van der Waals surface area (Å²) < 4.78 is 0.661. The van der Waals surface area contributed by atoms with Crippen molar-refractivity contribution in [2.45, 2.75) is 19.5 Å². The summed E-state index contributed by atoms with van der Waals surface area (Å²) in [7, 11) is 0. The molecule has 0 unspecified atom stereocenters. The molecule has 1 aliphatic heterocycles. The Morgan fingerprint density at radius 2 is 1.70 bits per heavy atom. The van der Waals surface area contributed by atoms with Gasteiger partial charge in [0, 0.05) is 37.5 Å². The Bertz CT molecular complexity index is 937. The lowest BCUT2D eigenvalue weighted by Crippen LogP contribution is -2.27. The normalized spacial score (nSPS) is 12.7. The van der Waals surface area contributed by atoms with Crippen LogP contribution in [0.4, 0.5) is 5.69 Å². The molecule has 5 nitrogen and oxygen atoms in total. The molecule has 1 aromatic heterocycles. The zero-order valence-corrected chi connectivity index (χ0v) is 15.0. The number of benzene rings is 2. The van der Waals surface area contributed by atoms with Crippen LogP contribution < -0.4 is 14.9 Å². The van der Waals surface area contributed by atoms with Crippen molar-refractivity contribution in [3.8, 4) is 0 Å². The summed E-state index contributed by atoms with van der Waals surface area (Å²) >= 11 is 0. The lowest BCUT2D eigenvalue weighted by molar-refractivity contribution is -0.605. The molecule has 0 spiro atoms. The van der Waals surface area contributed by atoms with Crippen molar-refractivity contribution in [1.82, 2.24) is 5.32 Å². The molecule has 0 fully saturated rings. The maximum atomic E-state index is 12.1. The number of carbonyl (C=O) groups excluding carboxylic acids is 1. The number of para-hydroxylation sites is 1. The van der Waals surface area contributed by atoms with Gasteiger partial charge >= 0.3 is 0 Å². The molecule has 0 saturated heterocycles. The number of amides is 1. The second-order valence-corrected chi connectivity index (χ2v) is 6.75. The third-order valence-corrected chi connectivity index (χ3v) is 4.90. The molecule has 1 aliphatic rings. The van der Waals surface area contributed by atoms with Crippen LogP contribution in [0.3, 0.4) is 0 Å². The number of anilines is 1. The van der Waals surface area contributed by atoms with E-state index in [0.717, 1.165) is 25.1 Å². The molecule has 2 heterocycles. The number of hydrogen-bond donors (Lipinski definition) is 1. The first kappa shape index (κ1) is 17.1. The van der Waals surface area contributed by atoms with Crippen LogP contribution in [0.2, 0.25) is 0 Å². The molecule has 3 aromatic rings. The summed E-state index contributed by atoms with van der Waals surface area (Å²) in [5.41, 5.74) is 5.52. The van der Waals surface area contributed by atoms with E-state index in [4.69, 9.17) is 0 Å². The van der Waals surface area contributed by atoms with Crippen molar-refractivity contribution < 1.29 is 9.52 Å². The Balaban J connectivity index is 1.34. The fourth-order valence-electron chi connectivity index (χ4n) is 3.40. The molecule has 27 heavy (non-hydrogen) atoms. The van der Waals surface area contributed by atoms with Crippen molar-refractivity contribution in [2.75, 3.05) is 11.4 Å². The number of nitrogens with zero attached hydrogens (tertiary/aromatic N) is 2. The summed E-state index contributed by atoms with van der Waals surface area (Å²) in [6.07, 6.45) is 3.74. The van der Waals surface area contributed by atoms with E-state index in [0.29, 0.717) is 16.8 Å². The van der Waals surface area contributed by atoms with Crippen LogP contribution in [-0.2, 0) is 19.5 Å². The summed E-state index contributed by atoms with van der Waals surface area (Å²) in [6, 6.07) is 19.9. The summed E-state index contributed by atoms with van der Waals surface area (Å²) in [5, 5.41) is 13.9. The smallest absolute Gasteiger partial charge is 0.252 e. The van der Waals surface area contributed by atoms with Gasteiger partial charge in [-0.3, -0.25) is 4.79 Å². The van der Waals surface area contributed by atoms with E-state index in [2.05, 4.69) is 46.6 Å². The monoisotopic (exact) mass is 359 g/mol. The number of fused-ring (bicyclic) bond motifs is 1. The largest absolute Gasteiger partial charge is 0.619 e. The highest BCUT2D eigenvalue weighted by atomic mass is 16.5. The number of pyridine rings is 1. The van der Waals surface area contributed by atoms with Gasteiger partial charge in [0.05, 0.1) is 5.56 Å². The maximum Gasteiger partial charge on any atom is 0.252 e. The third kappa shape index (κ3) is 3.92. The number of carbonyl (C=O) groups is 1. The second-order valence-electron chi connectivity index (χ2n) is 6.75. The van der Waals surface area contributed by atoms with Gasteiger partial charge in [-0.05, 0) is 29.2 Å². The van der Waals surface area contributed by atoms with Crippen molar-refractivity contribution in [3.05, 3.63) is 101 Å². The molecule has 1 amide bonds. The lowest BCUT2D eigenvalue weighted by atomic mass is 10.1. The minimum absolute atomic E-state index is 0.187. The van der Waals surface area contributed by atoms with Crippen LogP contribution in [0.1, 0.15) is 27.0 Å². The Hall–Kier alpha value is -3.34. The van der Waals surface area contributed by atoms with Crippen LogP contribution in [-0.4, -0.2) is 12.5 Å². The second kappa shape index (κ2) is 7.50. The van der Waals surface area contributed by atoms with Gasteiger partial charge in [-0.1, -0.05) is 42.5 Å². The van der Waals surface area contributed by atoms with E-state index < -0.39 is 0 Å². The molecular weight excluding hydrogens is 338 g/mol. The van der Waals surface area contributed by atoms with E-state index in [1.807, 2.05) is 12.1 Å². The van der Waals surface area contributed by atoms with Gasteiger partial charge in [-0.15, -0.1) is 0 Å². The highest BCUT2D eigenvalue weighted by Crippen LogP contribution is 2.28. The first-order chi connectivity index (χ1) is 13.2. The first-order valence-corrected chi connectivity index (χ1v) is 9.07. The summed E-state index contributed by atoms with van der Waals surface area (Å²) in [4.78, 5) is 14.5. The fourth-order valence-corrected chi connectivity index (χ4v) is 3.40. The zero-order chi connectivity index (χ0) is 18.6. The molecule has 0 atom stereocenters. The van der Waals surface area contributed by atoms with Gasteiger partial charge in [-0.25, -0.2) is 0 Å². The molecule has 2 aromatic carbocycles. The van der Waals surface area contributed by atoms with Crippen LogP contribution in [0, 0.1) is 5.21 Å². The van der Waals surface area contributed by atoms with Crippen LogP contribution in [0.25, 0.3) is 0 Å². The predicted molar refractivity (Wildman–Crippen MR) is 104 cm³/mol. The van der Waals surface area contributed by atoms with Gasteiger partial charge in [0.1, 0.15) is 0 Å². The summed E-state index contributed by atoms with van der Waals surface area (Å²) in [5.74, 6) is -0.187. The minimum Gasteiger partial charge on any atom is -0.619 e. The van der Waals surface area contributed by atoms with Crippen molar-refractivity contribution in [1.29, 1.82) is 0 Å². The molecule has 5 heteroatoms. The molecule has 136 valence electrons. The van der Waals surface area contributed by atoms with E-state index in [9.17, 15) is 10.0 Å². The highest BCUT2D eigenvalue weighted by molar-refractivity contribution is 5.93. The molecule has 0 radical (unpaired) electrons. The Morgan fingerprint density at radius 3 is 2.48 bits per heavy atom. The molecule has 1 N–H and O–H groups in total. The van der Waals surface area contributed by atoms with Gasteiger partial charge in [0.25, 0.3) is 5.91 Å². The van der Waals surface area contributed by atoms with E-state index in [-0.39, 0.29) is 5.91 Å². The average molecular weight is 359 g/mol. The predicted octanol–water partition coefficient (Wildman–Crippen LogP) is 2.81. The SMILES string of the molecule is O=C(NCc1ccc(CN2CCc3ccccc32)cc1)c1cc[n+]([O-])cc1. The number of nitrogens with one attached hydrogen (secondary N) is 1. The van der Waals surface area contributed by atoms with E-state index in [1.54, 1.807) is 0 Å². The van der Waals surface area contributed by atoms with E-state index in [1.165, 1.54) is 41.3 Å². The molecule has 0 saturated carbocycles. The van der Waals surface area contributed by atoms with Crippen molar-refractivity contribution in [3.63, 3.8) is 0 Å². The van der Waals surface area contributed by atoms with Crippen LogP contribution >= 0.6 is 0 Å². The summed E-state index contributed by atoms with van der Waals surface area (Å²) in [6.45, 7) is 2.40. The van der Waals surface area contributed by atoms with Crippen molar-refractivity contribution in [2.24, 2.45) is 0 Å². The van der Waals surface area contributed by atoms with Gasteiger partial charge in [0.2, 0.25) is 0 Å². The molecular formula is C22H21N3O2. The van der Waals surface area contributed by atoms with Crippen LogP contribution in [0.5, 0.6) is 0 Å². The molecule has 4 rings (SSSR count). The zero-order valence-electron chi connectivity index (χ0n) is 15.0. The number of rotatable bonds is 5. The maximum absolute atomic E-state index is 12.1. The topological polar surface area (TPSA) is 59.3 Å². The van der Waals surface area contributed by atoms with Gasteiger partial charge in [-0.2, -0.15) is 4.73 Å². The van der Waals surface area contributed by atoms with Gasteiger partial charge < -0.3 is 15.4 Å². The number of hydrogen-bond acceptors (Lipinski definition) is 3. The standard InChI is InChI=1S/C22H21N3O2/c26-22(20-10-13-25(27)14-11-20)23-15-17-5-7-18(8-6-17)16-24-12-9-19-3-1-2-4-21(19)24/h1-8,10-11,13-14H,9,12,15-16H2,(H,23,26). The van der Waals surface area contributed by atoms with Crippen molar-refractivity contribution >= 4 is 11.6 Å². The Kier molecular flexibility index (Phi) is 4.75. The Morgan fingerprint density at radius 1 is 1.00 bits per heavy atom. The quantitative estimate of drug-likeness (QED) is 0.563. The lowest BCUT2D eigenvalue weighted by Gasteiger charge is -2.19. The number of aromatic nitrogens is 1. The van der Waals surface area contributed by atoms with E-state index >= 15 is 0 Å². The Labute approximate surface area is 158 Å². The third-order valence-electron chi connectivity index (χ3n) is 4.90. The fraction of sp³-hybridized carbons (Fsp3) is 0.182. The average Bonchev–Trinajstić information content (AvgIpc) is 3.11. The highest BCUT2D eigenvalue weighted by Gasteiger charge is 2.18. The minimum atomic E-state index is -0.187. The molecule has 0 aliphatic carbocycles.